The van der Waals surface area contributed by atoms with Crippen molar-refractivity contribution in [1.29, 1.82) is 0 Å². The van der Waals surface area contributed by atoms with Crippen LogP contribution >= 0.6 is 0 Å². The van der Waals surface area contributed by atoms with Crippen LogP contribution in [0.2, 0.25) is 0 Å². The molecule has 96 valence electrons. The van der Waals surface area contributed by atoms with Crippen LogP contribution in [0.25, 0.3) is 0 Å². The molecule has 1 heterocycles. The van der Waals surface area contributed by atoms with Gasteiger partial charge in [-0.05, 0) is 50.2 Å². The lowest BCUT2D eigenvalue weighted by Gasteiger charge is -2.16. The topological polar surface area (TPSA) is 28.4 Å². The lowest BCUT2D eigenvalue weighted by atomic mass is 10.2. The molecule has 0 aliphatic carbocycles. The van der Waals surface area contributed by atoms with Crippen molar-refractivity contribution in [3.05, 3.63) is 47.9 Å². The van der Waals surface area contributed by atoms with Gasteiger partial charge in [0.1, 0.15) is 11.5 Å². The van der Waals surface area contributed by atoms with Crippen molar-refractivity contribution in [2.75, 3.05) is 24.3 Å². The van der Waals surface area contributed by atoms with Gasteiger partial charge in [0, 0.05) is 25.5 Å². The molecule has 0 radical (unpaired) electrons. The van der Waals surface area contributed by atoms with Crippen LogP contribution in [-0.2, 0) is 0 Å². The number of hydrogen-bond donors (Lipinski definition) is 1. The maximum atomic E-state index is 5.61. The molecule has 1 aromatic carbocycles. The standard InChI is InChI=1S/C15H20N2O/c1-11-5-10-15(18-11)12(2)16-13-6-8-14(9-7-13)17(3)4/h5-10,12,16H,1-4H3. The van der Waals surface area contributed by atoms with Gasteiger partial charge in [-0.2, -0.15) is 0 Å². The smallest absolute Gasteiger partial charge is 0.126 e. The van der Waals surface area contributed by atoms with E-state index in [-0.39, 0.29) is 6.04 Å². The lowest BCUT2D eigenvalue weighted by molar-refractivity contribution is 0.467. The second kappa shape index (κ2) is 5.17. The Hall–Kier alpha value is -1.90. The third-order valence-corrected chi connectivity index (χ3v) is 2.95. The van der Waals surface area contributed by atoms with E-state index in [1.54, 1.807) is 0 Å². The normalized spacial score (nSPS) is 12.2. The Kier molecular flexibility index (Phi) is 3.60. The van der Waals surface area contributed by atoms with E-state index in [0.717, 1.165) is 17.2 Å². The number of furan rings is 1. The van der Waals surface area contributed by atoms with Crippen molar-refractivity contribution < 1.29 is 4.42 Å². The van der Waals surface area contributed by atoms with Gasteiger partial charge in [0.15, 0.2) is 0 Å². The van der Waals surface area contributed by atoms with E-state index in [1.807, 2.05) is 33.2 Å². The molecule has 0 amide bonds. The van der Waals surface area contributed by atoms with Crippen molar-refractivity contribution in [3.8, 4) is 0 Å². The highest BCUT2D eigenvalue weighted by Gasteiger charge is 2.09. The van der Waals surface area contributed by atoms with Gasteiger partial charge in [0.05, 0.1) is 6.04 Å². The number of nitrogens with zero attached hydrogens (tertiary/aromatic N) is 1. The monoisotopic (exact) mass is 244 g/mol. The number of nitrogens with one attached hydrogen (secondary N) is 1. The fourth-order valence-electron chi connectivity index (χ4n) is 1.86. The number of rotatable bonds is 4. The predicted molar refractivity (Wildman–Crippen MR) is 76.3 cm³/mol. The summed E-state index contributed by atoms with van der Waals surface area (Å²) in [6, 6.07) is 12.5. The van der Waals surface area contributed by atoms with Gasteiger partial charge in [-0.25, -0.2) is 0 Å². The second-order valence-electron chi connectivity index (χ2n) is 4.76. The first-order valence-electron chi connectivity index (χ1n) is 6.16. The van der Waals surface area contributed by atoms with Crippen molar-refractivity contribution in [1.82, 2.24) is 0 Å². The fourth-order valence-corrected chi connectivity index (χ4v) is 1.86. The summed E-state index contributed by atoms with van der Waals surface area (Å²) in [5, 5.41) is 3.43. The summed E-state index contributed by atoms with van der Waals surface area (Å²) in [7, 11) is 4.08. The fraction of sp³-hybridized carbons (Fsp3) is 0.333. The zero-order chi connectivity index (χ0) is 13.1. The third-order valence-electron chi connectivity index (χ3n) is 2.95. The molecule has 3 heteroatoms. The minimum absolute atomic E-state index is 0.170. The predicted octanol–water partition coefficient (Wildman–Crippen LogP) is 3.83. The first kappa shape index (κ1) is 12.6. The van der Waals surface area contributed by atoms with Gasteiger partial charge in [-0.3, -0.25) is 0 Å². The number of benzene rings is 1. The van der Waals surface area contributed by atoms with Crippen LogP contribution < -0.4 is 10.2 Å². The van der Waals surface area contributed by atoms with Crippen molar-refractivity contribution >= 4 is 11.4 Å². The SMILES string of the molecule is Cc1ccc(C(C)Nc2ccc(N(C)C)cc2)o1. The molecule has 1 atom stereocenters. The molecule has 18 heavy (non-hydrogen) atoms. The van der Waals surface area contributed by atoms with E-state index in [0.29, 0.717) is 0 Å². The Morgan fingerprint density at radius 3 is 2.22 bits per heavy atom. The van der Waals surface area contributed by atoms with Gasteiger partial charge in [0.25, 0.3) is 0 Å². The van der Waals surface area contributed by atoms with E-state index in [1.165, 1.54) is 5.69 Å². The van der Waals surface area contributed by atoms with Crippen LogP contribution in [0.5, 0.6) is 0 Å². The highest BCUT2D eigenvalue weighted by molar-refractivity contribution is 5.54. The molecule has 0 saturated carbocycles. The number of anilines is 2. The average Bonchev–Trinajstić information content (AvgIpc) is 2.76. The minimum atomic E-state index is 0.170. The molecule has 0 bridgehead atoms. The van der Waals surface area contributed by atoms with E-state index in [4.69, 9.17) is 4.42 Å². The molecule has 0 saturated heterocycles. The Labute approximate surface area is 108 Å². The minimum Gasteiger partial charge on any atom is -0.464 e. The quantitative estimate of drug-likeness (QED) is 0.886. The summed E-state index contributed by atoms with van der Waals surface area (Å²) in [5.74, 6) is 1.91. The molecule has 1 N–H and O–H groups in total. The molecular formula is C15H20N2O. The van der Waals surface area contributed by atoms with Crippen LogP contribution in [0.3, 0.4) is 0 Å². The van der Waals surface area contributed by atoms with Gasteiger partial charge in [-0.1, -0.05) is 0 Å². The summed E-state index contributed by atoms with van der Waals surface area (Å²) >= 11 is 0. The second-order valence-corrected chi connectivity index (χ2v) is 4.76. The molecule has 0 fully saturated rings. The maximum absolute atomic E-state index is 5.61. The summed E-state index contributed by atoms with van der Waals surface area (Å²) in [4.78, 5) is 2.09. The Balaban J connectivity index is 2.05. The van der Waals surface area contributed by atoms with Gasteiger partial charge < -0.3 is 14.6 Å². The summed E-state index contributed by atoms with van der Waals surface area (Å²) < 4.78 is 5.61. The summed E-state index contributed by atoms with van der Waals surface area (Å²) in [6.07, 6.45) is 0. The molecule has 0 aliphatic rings. The van der Waals surface area contributed by atoms with Gasteiger partial charge in [0.2, 0.25) is 0 Å². The van der Waals surface area contributed by atoms with Gasteiger partial charge in [-0.15, -0.1) is 0 Å². The highest BCUT2D eigenvalue weighted by Crippen LogP contribution is 2.22. The first-order valence-corrected chi connectivity index (χ1v) is 6.16. The van der Waals surface area contributed by atoms with Crippen LogP contribution in [0.4, 0.5) is 11.4 Å². The molecule has 2 rings (SSSR count). The lowest BCUT2D eigenvalue weighted by Crippen LogP contribution is -2.09. The maximum Gasteiger partial charge on any atom is 0.126 e. The number of hydrogen-bond acceptors (Lipinski definition) is 3. The van der Waals surface area contributed by atoms with Crippen molar-refractivity contribution in [2.24, 2.45) is 0 Å². The highest BCUT2D eigenvalue weighted by atomic mass is 16.3. The van der Waals surface area contributed by atoms with Crippen molar-refractivity contribution in [3.63, 3.8) is 0 Å². The summed E-state index contributed by atoms with van der Waals surface area (Å²) in [6.45, 7) is 4.06. The molecule has 3 nitrogen and oxygen atoms in total. The van der Waals surface area contributed by atoms with Crippen LogP contribution in [-0.4, -0.2) is 14.1 Å². The van der Waals surface area contributed by atoms with Crippen LogP contribution in [0.1, 0.15) is 24.5 Å². The average molecular weight is 244 g/mol. The van der Waals surface area contributed by atoms with Crippen LogP contribution in [0.15, 0.2) is 40.8 Å². The number of aryl methyl sites for hydroxylation is 1. The summed E-state index contributed by atoms with van der Waals surface area (Å²) in [5.41, 5.74) is 2.30. The Bertz CT molecular complexity index is 499. The Morgan fingerprint density at radius 2 is 1.72 bits per heavy atom. The van der Waals surface area contributed by atoms with E-state index in [2.05, 4.69) is 41.4 Å². The van der Waals surface area contributed by atoms with Gasteiger partial charge >= 0.3 is 0 Å². The van der Waals surface area contributed by atoms with Crippen LogP contribution in [0, 0.1) is 6.92 Å². The molecular weight excluding hydrogens is 224 g/mol. The molecule has 1 unspecified atom stereocenters. The van der Waals surface area contributed by atoms with E-state index >= 15 is 0 Å². The molecule has 2 aromatic rings. The molecule has 0 spiro atoms. The van der Waals surface area contributed by atoms with Crippen molar-refractivity contribution in [2.45, 2.75) is 19.9 Å². The largest absolute Gasteiger partial charge is 0.464 e. The van der Waals surface area contributed by atoms with E-state index in [9.17, 15) is 0 Å². The molecule has 1 aromatic heterocycles. The zero-order valence-electron chi connectivity index (χ0n) is 11.4. The third kappa shape index (κ3) is 2.86. The zero-order valence-corrected chi connectivity index (χ0v) is 11.4. The molecule has 0 aliphatic heterocycles. The first-order chi connectivity index (χ1) is 8.56. The van der Waals surface area contributed by atoms with E-state index < -0.39 is 0 Å². The Morgan fingerprint density at radius 1 is 1.06 bits per heavy atom.